The average Bonchev–Trinajstić information content (AvgIpc) is 2.61. The molecule has 0 amide bonds. The van der Waals surface area contributed by atoms with Crippen molar-refractivity contribution in [3.05, 3.63) is 81.7 Å². The Morgan fingerprint density at radius 1 is 0.571 bits per heavy atom. The van der Waals surface area contributed by atoms with Crippen LogP contribution in [0.5, 0.6) is 0 Å². The van der Waals surface area contributed by atoms with Gasteiger partial charge in [0.15, 0.2) is 0 Å². The molecular weight excluding hydrogens is 532 g/mol. The van der Waals surface area contributed by atoms with Crippen LogP contribution in [0.15, 0.2) is 91.5 Å². The van der Waals surface area contributed by atoms with Crippen LogP contribution >= 0.6 is 31.9 Å². The lowest BCUT2D eigenvalue weighted by molar-refractivity contribution is 0.599. The van der Waals surface area contributed by atoms with Gasteiger partial charge in [-0.05, 0) is 54.6 Å². The molecule has 0 saturated heterocycles. The van der Waals surface area contributed by atoms with E-state index in [0.29, 0.717) is 8.95 Å². The van der Waals surface area contributed by atoms with E-state index >= 15 is 0 Å². The largest absolute Gasteiger partial charge is 0.280 e. The second kappa shape index (κ2) is 8.24. The lowest BCUT2D eigenvalue weighted by Gasteiger charge is -2.12. The summed E-state index contributed by atoms with van der Waals surface area (Å²) in [7, 11) is -7.63. The minimum Gasteiger partial charge on any atom is -0.280 e. The van der Waals surface area contributed by atoms with Crippen molar-refractivity contribution in [2.75, 3.05) is 9.44 Å². The Bertz CT molecular complexity index is 1140. The van der Waals surface area contributed by atoms with Gasteiger partial charge in [0.25, 0.3) is 20.0 Å². The number of halogens is 2. The number of benzene rings is 3. The quantitative estimate of drug-likeness (QED) is 0.464. The summed E-state index contributed by atoms with van der Waals surface area (Å²) in [6.45, 7) is 0. The van der Waals surface area contributed by atoms with Gasteiger partial charge in [0, 0.05) is 8.95 Å². The minimum atomic E-state index is -3.82. The van der Waals surface area contributed by atoms with Gasteiger partial charge in [0.2, 0.25) is 0 Å². The lowest BCUT2D eigenvalue weighted by atomic mass is 10.3. The van der Waals surface area contributed by atoms with Crippen LogP contribution in [0.3, 0.4) is 0 Å². The maximum absolute atomic E-state index is 12.5. The van der Waals surface area contributed by atoms with Crippen LogP contribution in [0.2, 0.25) is 0 Å². The Labute approximate surface area is 180 Å². The Hall–Kier alpha value is -1.88. The molecule has 28 heavy (non-hydrogen) atoms. The number of sulfonamides is 2. The van der Waals surface area contributed by atoms with Crippen LogP contribution in [0.25, 0.3) is 0 Å². The van der Waals surface area contributed by atoms with E-state index in [9.17, 15) is 16.8 Å². The number of anilines is 2. The van der Waals surface area contributed by atoms with Gasteiger partial charge < -0.3 is 0 Å². The van der Waals surface area contributed by atoms with E-state index in [1.165, 1.54) is 42.5 Å². The summed E-state index contributed by atoms with van der Waals surface area (Å²) < 4.78 is 56.3. The normalized spacial score (nSPS) is 11.8. The number of hydrogen-bond acceptors (Lipinski definition) is 4. The van der Waals surface area contributed by atoms with Crippen molar-refractivity contribution in [3.63, 3.8) is 0 Å². The summed E-state index contributed by atoms with van der Waals surface area (Å²) >= 11 is 6.48. The molecule has 0 aliphatic carbocycles. The van der Waals surface area contributed by atoms with Crippen LogP contribution in [-0.4, -0.2) is 16.8 Å². The first-order valence-corrected chi connectivity index (χ1v) is 12.4. The summed E-state index contributed by atoms with van der Waals surface area (Å²) in [5.74, 6) is 0. The van der Waals surface area contributed by atoms with Gasteiger partial charge in [-0.15, -0.1) is 0 Å². The standard InChI is InChI=1S/C18H14Br2N2O4S2/c19-13-4-1-8-17(10-13)27(23,24)21-15-6-3-7-16(12-15)22-28(25,26)18-9-2-5-14(20)11-18/h1-12,21-22H. The van der Waals surface area contributed by atoms with Crippen LogP contribution in [0, 0.1) is 0 Å². The van der Waals surface area contributed by atoms with Crippen LogP contribution < -0.4 is 9.44 Å². The highest BCUT2D eigenvalue weighted by Gasteiger charge is 2.17. The van der Waals surface area contributed by atoms with Crippen molar-refractivity contribution in [2.45, 2.75) is 9.79 Å². The Morgan fingerprint density at radius 2 is 0.964 bits per heavy atom. The van der Waals surface area contributed by atoms with Crippen molar-refractivity contribution in [2.24, 2.45) is 0 Å². The molecule has 146 valence electrons. The molecular formula is C18H14Br2N2O4S2. The molecule has 0 radical (unpaired) electrons. The van der Waals surface area contributed by atoms with Gasteiger partial charge in [0.1, 0.15) is 0 Å². The molecule has 3 aromatic rings. The smallest absolute Gasteiger partial charge is 0.261 e. The predicted octanol–water partition coefficient (Wildman–Crippen LogP) is 4.81. The molecule has 0 bridgehead atoms. The average molecular weight is 546 g/mol. The number of rotatable bonds is 6. The summed E-state index contributed by atoms with van der Waals surface area (Å²) in [6, 6.07) is 18.6. The fourth-order valence-electron chi connectivity index (χ4n) is 2.34. The predicted molar refractivity (Wildman–Crippen MR) is 116 cm³/mol. The zero-order chi connectivity index (χ0) is 20.4. The topological polar surface area (TPSA) is 92.3 Å². The Balaban J connectivity index is 1.85. The molecule has 0 heterocycles. The third kappa shape index (κ3) is 5.13. The van der Waals surface area contributed by atoms with E-state index in [0.717, 1.165) is 0 Å². The van der Waals surface area contributed by atoms with Gasteiger partial charge in [-0.25, -0.2) is 16.8 Å². The first-order chi connectivity index (χ1) is 13.2. The van der Waals surface area contributed by atoms with Gasteiger partial charge >= 0.3 is 0 Å². The molecule has 0 aliphatic rings. The third-order valence-electron chi connectivity index (χ3n) is 3.58. The van der Waals surface area contributed by atoms with E-state index in [1.54, 1.807) is 30.3 Å². The van der Waals surface area contributed by atoms with Crippen molar-refractivity contribution in [1.82, 2.24) is 0 Å². The van der Waals surface area contributed by atoms with Crippen molar-refractivity contribution >= 4 is 63.3 Å². The molecule has 3 rings (SSSR count). The highest BCUT2D eigenvalue weighted by molar-refractivity contribution is 9.10. The first-order valence-electron chi connectivity index (χ1n) is 7.83. The van der Waals surface area contributed by atoms with Gasteiger partial charge in [-0.2, -0.15) is 0 Å². The van der Waals surface area contributed by atoms with Crippen molar-refractivity contribution < 1.29 is 16.8 Å². The monoisotopic (exact) mass is 544 g/mol. The zero-order valence-electron chi connectivity index (χ0n) is 14.1. The van der Waals surface area contributed by atoms with Gasteiger partial charge in [-0.1, -0.05) is 50.1 Å². The van der Waals surface area contributed by atoms with E-state index < -0.39 is 20.0 Å². The second-order valence-electron chi connectivity index (χ2n) is 5.71. The van der Waals surface area contributed by atoms with E-state index in [1.807, 2.05) is 0 Å². The van der Waals surface area contributed by atoms with Crippen LogP contribution in [-0.2, 0) is 20.0 Å². The SMILES string of the molecule is O=S(=O)(Nc1cccc(NS(=O)(=O)c2cccc(Br)c2)c1)c1cccc(Br)c1. The Morgan fingerprint density at radius 3 is 1.36 bits per heavy atom. The summed E-state index contributed by atoms with van der Waals surface area (Å²) in [6.07, 6.45) is 0. The molecule has 3 aromatic carbocycles. The molecule has 10 heteroatoms. The summed E-state index contributed by atoms with van der Waals surface area (Å²) in [5, 5.41) is 0. The fraction of sp³-hybridized carbons (Fsp3) is 0. The number of nitrogens with one attached hydrogen (secondary N) is 2. The molecule has 0 aromatic heterocycles. The third-order valence-corrected chi connectivity index (χ3v) is 7.32. The fourth-order valence-corrected chi connectivity index (χ4v) is 5.63. The molecule has 0 atom stereocenters. The summed E-state index contributed by atoms with van der Waals surface area (Å²) in [4.78, 5) is 0.170. The Kier molecular flexibility index (Phi) is 6.13. The maximum atomic E-state index is 12.5. The van der Waals surface area contributed by atoms with E-state index in [-0.39, 0.29) is 21.2 Å². The zero-order valence-corrected chi connectivity index (χ0v) is 18.9. The van der Waals surface area contributed by atoms with Crippen molar-refractivity contribution in [3.8, 4) is 0 Å². The van der Waals surface area contributed by atoms with Gasteiger partial charge in [-0.3, -0.25) is 9.44 Å². The molecule has 0 spiro atoms. The first kappa shape index (κ1) is 20.8. The van der Waals surface area contributed by atoms with Crippen LogP contribution in [0.1, 0.15) is 0 Å². The molecule has 6 nitrogen and oxygen atoms in total. The molecule has 0 aliphatic heterocycles. The molecule has 0 fully saturated rings. The summed E-state index contributed by atoms with van der Waals surface area (Å²) in [5.41, 5.74) is 0.462. The highest BCUT2D eigenvalue weighted by Crippen LogP contribution is 2.24. The van der Waals surface area contributed by atoms with E-state index in [4.69, 9.17) is 0 Å². The minimum absolute atomic E-state index is 0.0852. The maximum Gasteiger partial charge on any atom is 0.261 e. The van der Waals surface area contributed by atoms with Gasteiger partial charge in [0.05, 0.1) is 21.2 Å². The molecule has 2 N–H and O–H groups in total. The molecule has 0 saturated carbocycles. The van der Waals surface area contributed by atoms with E-state index in [2.05, 4.69) is 41.3 Å². The highest BCUT2D eigenvalue weighted by atomic mass is 79.9. The molecule has 0 unspecified atom stereocenters. The number of hydrogen-bond donors (Lipinski definition) is 2. The lowest BCUT2D eigenvalue weighted by Crippen LogP contribution is -2.15. The second-order valence-corrected chi connectivity index (χ2v) is 10.9. The van der Waals surface area contributed by atoms with Crippen LogP contribution in [0.4, 0.5) is 11.4 Å². The van der Waals surface area contributed by atoms with Crippen molar-refractivity contribution in [1.29, 1.82) is 0 Å².